The molecule has 3 unspecified atom stereocenters. The number of hydrogen-bond acceptors (Lipinski definition) is 0. The Kier molecular flexibility index (Phi) is 4.71. The number of rotatable bonds is 4. The molecule has 1 rings (SSSR count). The summed E-state index contributed by atoms with van der Waals surface area (Å²) in [5.41, 5.74) is 1.42. The number of hydrogen-bond donors (Lipinski definition) is 0. The molecule has 0 heterocycles. The maximum atomic E-state index is 4.15. The minimum atomic E-state index is 0.827. The lowest BCUT2D eigenvalue weighted by Crippen LogP contribution is -2.25. The first kappa shape index (κ1) is 11.8. The van der Waals surface area contributed by atoms with Crippen molar-refractivity contribution in [3.63, 3.8) is 0 Å². The van der Waals surface area contributed by atoms with E-state index < -0.39 is 0 Å². The molecule has 0 aromatic rings. The molecule has 0 heteroatoms. The predicted octanol–water partition coefficient (Wildman–Crippen LogP) is 4.81. The van der Waals surface area contributed by atoms with Gasteiger partial charge in [-0.05, 0) is 43.9 Å². The average molecular weight is 194 g/mol. The maximum absolute atomic E-state index is 4.15. The van der Waals surface area contributed by atoms with Crippen LogP contribution < -0.4 is 0 Å². The molecule has 0 nitrogen and oxygen atoms in total. The summed E-state index contributed by atoms with van der Waals surface area (Å²) in [4.78, 5) is 0. The van der Waals surface area contributed by atoms with Crippen molar-refractivity contribution in [2.24, 2.45) is 17.8 Å². The highest BCUT2D eigenvalue weighted by molar-refractivity contribution is 5.01. The van der Waals surface area contributed by atoms with Gasteiger partial charge in [-0.25, -0.2) is 0 Å². The molecule has 0 radical (unpaired) electrons. The van der Waals surface area contributed by atoms with E-state index in [0.29, 0.717) is 0 Å². The van der Waals surface area contributed by atoms with Gasteiger partial charge in [0.05, 0.1) is 0 Å². The molecular formula is C14H26. The fraction of sp³-hybridized carbons (Fsp3) is 0.857. The summed E-state index contributed by atoms with van der Waals surface area (Å²) in [5, 5.41) is 0. The van der Waals surface area contributed by atoms with Gasteiger partial charge in [-0.1, -0.05) is 45.3 Å². The Morgan fingerprint density at radius 3 is 2.50 bits per heavy atom. The summed E-state index contributed by atoms with van der Waals surface area (Å²) < 4.78 is 0. The molecule has 0 aliphatic heterocycles. The quantitative estimate of drug-likeness (QED) is 0.564. The molecule has 0 N–H and O–H groups in total. The Bertz CT molecular complexity index is 180. The standard InChI is InChI=1S/C14H26/c1-5-7-12-8-9-14(11(3)4)13(6-2)10-12/h12-14H,3,5-10H2,1-2,4H3. The first-order valence-corrected chi connectivity index (χ1v) is 6.34. The Morgan fingerprint density at radius 2 is 2.00 bits per heavy atom. The first-order chi connectivity index (χ1) is 6.69. The van der Waals surface area contributed by atoms with Crippen LogP contribution in [-0.2, 0) is 0 Å². The maximum Gasteiger partial charge on any atom is -0.0180 e. The molecule has 3 atom stereocenters. The van der Waals surface area contributed by atoms with Gasteiger partial charge in [-0.2, -0.15) is 0 Å². The average Bonchev–Trinajstić information content (AvgIpc) is 2.17. The molecule has 0 bridgehead atoms. The van der Waals surface area contributed by atoms with Crippen molar-refractivity contribution in [2.45, 2.75) is 59.3 Å². The Labute approximate surface area is 89.8 Å². The minimum Gasteiger partial charge on any atom is -0.0999 e. The minimum absolute atomic E-state index is 0.827. The summed E-state index contributed by atoms with van der Waals surface area (Å²) >= 11 is 0. The van der Waals surface area contributed by atoms with Crippen molar-refractivity contribution in [3.05, 3.63) is 12.2 Å². The normalized spacial score (nSPS) is 32.9. The van der Waals surface area contributed by atoms with Gasteiger partial charge in [0.1, 0.15) is 0 Å². The van der Waals surface area contributed by atoms with Gasteiger partial charge in [-0.15, -0.1) is 0 Å². The van der Waals surface area contributed by atoms with Gasteiger partial charge in [-0.3, -0.25) is 0 Å². The molecule has 0 aromatic heterocycles. The molecule has 0 spiro atoms. The highest BCUT2D eigenvalue weighted by atomic mass is 14.3. The van der Waals surface area contributed by atoms with Gasteiger partial charge in [0.2, 0.25) is 0 Å². The molecule has 1 fully saturated rings. The molecule has 14 heavy (non-hydrogen) atoms. The number of allylic oxidation sites excluding steroid dienone is 1. The molecule has 82 valence electrons. The van der Waals surface area contributed by atoms with Crippen LogP contribution >= 0.6 is 0 Å². The van der Waals surface area contributed by atoms with Crippen LogP contribution in [0.25, 0.3) is 0 Å². The van der Waals surface area contributed by atoms with E-state index in [1.54, 1.807) is 0 Å². The lowest BCUT2D eigenvalue weighted by Gasteiger charge is -2.36. The highest BCUT2D eigenvalue weighted by Gasteiger charge is 2.28. The van der Waals surface area contributed by atoms with Crippen molar-refractivity contribution < 1.29 is 0 Å². The molecule has 0 amide bonds. The van der Waals surface area contributed by atoms with Crippen LogP contribution in [0.3, 0.4) is 0 Å². The molecule has 1 saturated carbocycles. The van der Waals surface area contributed by atoms with E-state index in [-0.39, 0.29) is 0 Å². The molecule has 0 aromatic carbocycles. The van der Waals surface area contributed by atoms with E-state index in [0.717, 1.165) is 17.8 Å². The summed E-state index contributed by atoms with van der Waals surface area (Å²) in [5.74, 6) is 2.77. The van der Waals surface area contributed by atoms with Crippen LogP contribution in [0, 0.1) is 17.8 Å². The van der Waals surface area contributed by atoms with Crippen molar-refractivity contribution in [1.29, 1.82) is 0 Å². The Balaban J connectivity index is 2.50. The summed E-state index contributed by atoms with van der Waals surface area (Å²) in [6, 6.07) is 0. The third kappa shape index (κ3) is 2.87. The van der Waals surface area contributed by atoms with Crippen LogP contribution in [0.5, 0.6) is 0 Å². The van der Waals surface area contributed by atoms with Crippen molar-refractivity contribution in [3.8, 4) is 0 Å². The van der Waals surface area contributed by atoms with E-state index in [4.69, 9.17) is 0 Å². The fourth-order valence-electron chi connectivity index (χ4n) is 3.13. The van der Waals surface area contributed by atoms with Crippen molar-refractivity contribution in [2.75, 3.05) is 0 Å². The zero-order valence-corrected chi connectivity index (χ0v) is 10.2. The van der Waals surface area contributed by atoms with Gasteiger partial charge >= 0.3 is 0 Å². The van der Waals surface area contributed by atoms with Crippen molar-refractivity contribution in [1.82, 2.24) is 0 Å². The highest BCUT2D eigenvalue weighted by Crippen LogP contribution is 2.40. The molecule has 1 aliphatic rings. The van der Waals surface area contributed by atoms with Gasteiger partial charge in [0, 0.05) is 0 Å². The lowest BCUT2D eigenvalue weighted by atomic mass is 9.69. The van der Waals surface area contributed by atoms with Crippen LogP contribution in [0.1, 0.15) is 59.3 Å². The second-order valence-electron chi connectivity index (χ2n) is 5.09. The molecule has 0 saturated heterocycles. The fourth-order valence-corrected chi connectivity index (χ4v) is 3.13. The predicted molar refractivity (Wildman–Crippen MR) is 64.3 cm³/mol. The van der Waals surface area contributed by atoms with E-state index in [1.165, 1.54) is 44.1 Å². The summed E-state index contributed by atoms with van der Waals surface area (Å²) in [7, 11) is 0. The topological polar surface area (TPSA) is 0 Å². The van der Waals surface area contributed by atoms with Crippen LogP contribution in [0.15, 0.2) is 12.2 Å². The summed E-state index contributed by atoms with van der Waals surface area (Å²) in [6.07, 6.45) is 8.46. The monoisotopic (exact) mass is 194 g/mol. The molecule has 1 aliphatic carbocycles. The van der Waals surface area contributed by atoms with Crippen LogP contribution in [0.4, 0.5) is 0 Å². The lowest BCUT2D eigenvalue weighted by molar-refractivity contribution is 0.191. The Hall–Kier alpha value is -0.260. The zero-order valence-electron chi connectivity index (χ0n) is 10.2. The van der Waals surface area contributed by atoms with E-state index in [9.17, 15) is 0 Å². The smallest absolute Gasteiger partial charge is 0.0180 e. The van der Waals surface area contributed by atoms with Crippen LogP contribution in [-0.4, -0.2) is 0 Å². The second kappa shape index (κ2) is 5.58. The third-order valence-corrected chi connectivity index (χ3v) is 3.95. The van der Waals surface area contributed by atoms with E-state index in [2.05, 4.69) is 27.4 Å². The third-order valence-electron chi connectivity index (χ3n) is 3.95. The largest absolute Gasteiger partial charge is 0.0999 e. The zero-order chi connectivity index (χ0) is 10.6. The van der Waals surface area contributed by atoms with E-state index in [1.807, 2.05) is 0 Å². The SMILES string of the molecule is C=C(C)C1CCC(CCC)CC1CC. The van der Waals surface area contributed by atoms with Gasteiger partial charge in [0.15, 0.2) is 0 Å². The van der Waals surface area contributed by atoms with Gasteiger partial charge in [0.25, 0.3) is 0 Å². The van der Waals surface area contributed by atoms with E-state index >= 15 is 0 Å². The van der Waals surface area contributed by atoms with Gasteiger partial charge < -0.3 is 0 Å². The molecular weight excluding hydrogens is 168 g/mol. The Morgan fingerprint density at radius 1 is 1.29 bits per heavy atom. The van der Waals surface area contributed by atoms with Crippen LogP contribution in [0.2, 0.25) is 0 Å². The second-order valence-corrected chi connectivity index (χ2v) is 5.09. The van der Waals surface area contributed by atoms with Crippen molar-refractivity contribution >= 4 is 0 Å². The first-order valence-electron chi connectivity index (χ1n) is 6.34. The summed E-state index contributed by atoms with van der Waals surface area (Å²) in [6.45, 7) is 11.0.